The van der Waals surface area contributed by atoms with Crippen molar-refractivity contribution in [3.63, 3.8) is 0 Å². The highest BCUT2D eigenvalue weighted by Crippen LogP contribution is 2.20. The summed E-state index contributed by atoms with van der Waals surface area (Å²) in [4.78, 5) is 11.2. The molecule has 6 nitrogen and oxygen atoms in total. The van der Waals surface area contributed by atoms with Gasteiger partial charge in [0.15, 0.2) is 0 Å². The lowest BCUT2D eigenvalue weighted by atomic mass is 10.0. The average molecular weight is 326 g/mol. The topological polar surface area (TPSA) is 95.5 Å². The maximum Gasteiger partial charge on any atom is 0.335 e. The van der Waals surface area contributed by atoms with E-state index in [2.05, 4.69) is 10.0 Å². The maximum absolute atomic E-state index is 13.6. The highest BCUT2D eigenvalue weighted by atomic mass is 32.2. The lowest BCUT2D eigenvalue weighted by Crippen LogP contribution is -2.58. The molecule has 0 radical (unpaired) electrons. The Bertz CT molecular complexity index is 758. The summed E-state index contributed by atoms with van der Waals surface area (Å²) in [6.45, 7) is 1.38. The number of carbonyl (C=O) groups is 1. The van der Waals surface area contributed by atoms with Gasteiger partial charge in [0, 0.05) is 5.56 Å². The number of sulfonamides is 1. The Morgan fingerprint density at radius 2 is 2.09 bits per heavy atom. The lowest BCUT2D eigenvalue weighted by Gasteiger charge is -2.33. The number of aliphatic carboxylic acids is 1. The van der Waals surface area contributed by atoms with Gasteiger partial charge in [0.25, 0.3) is 0 Å². The zero-order valence-electron chi connectivity index (χ0n) is 11.7. The Balaban J connectivity index is 2.25. The summed E-state index contributed by atoms with van der Waals surface area (Å²) in [7, 11) is -3.97. The van der Waals surface area contributed by atoms with Crippen molar-refractivity contribution in [1.82, 2.24) is 10.0 Å². The Morgan fingerprint density at radius 1 is 1.41 bits per heavy atom. The van der Waals surface area contributed by atoms with E-state index in [-0.39, 0.29) is 11.1 Å². The zero-order valence-corrected chi connectivity index (χ0v) is 12.5. The van der Waals surface area contributed by atoms with Crippen molar-refractivity contribution in [2.75, 3.05) is 0 Å². The van der Waals surface area contributed by atoms with Gasteiger partial charge < -0.3 is 10.4 Å². The molecule has 1 aliphatic rings. The third-order valence-corrected chi connectivity index (χ3v) is 4.57. The molecule has 22 heavy (non-hydrogen) atoms. The average Bonchev–Trinajstić information content (AvgIpc) is 2.40. The third kappa shape index (κ3) is 3.52. The molecule has 0 fully saturated rings. The molecule has 2 rings (SSSR count). The van der Waals surface area contributed by atoms with Gasteiger partial charge in [-0.25, -0.2) is 17.6 Å². The van der Waals surface area contributed by atoms with E-state index in [0.717, 1.165) is 6.07 Å². The summed E-state index contributed by atoms with van der Waals surface area (Å²) >= 11 is 0. The monoisotopic (exact) mass is 326 g/mol. The van der Waals surface area contributed by atoms with Crippen LogP contribution < -0.4 is 10.0 Å². The highest BCUT2D eigenvalue weighted by molar-refractivity contribution is 7.88. The van der Waals surface area contributed by atoms with Crippen molar-refractivity contribution >= 4 is 16.0 Å². The normalized spacial score (nSPS) is 21.1. The molecule has 1 atom stereocenters. The number of dihydropyridines is 1. The van der Waals surface area contributed by atoms with E-state index in [4.69, 9.17) is 5.11 Å². The largest absolute Gasteiger partial charge is 0.478 e. The number of hydrogen-bond acceptors (Lipinski definition) is 4. The van der Waals surface area contributed by atoms with Gasteiger partial charge in [-0.2, -0.15) is 4.72 Å². The van der Waals surface area contributed by atoms with Crippen molar-refractivity contribution in [3.05, 3.63) is 59.6 Å². The summed E-state index contributed by atoms with van der Waals surface area (Å²) in [6.07, 6.45) is 4.18. The van der Waals surface area contributed by atoms with E-state index in [1.54, 1.807) is 0 Å². The first-order chi connectivity index (χ1) is 10.2. The molecule has 0 aliphatic carbocycles. The van der Waals surface area contributed by atoms with Crippen LogP contribution in [0.25, 0.3) is 0 Å². The van der Waals surface area contributed by atoms with E-state index in [0.29, 0.717) is 0 Å². The van der Waals surface area contributed by atoms with Crippen molar-refractivity contribution < 1.29 is 22.7 Å². The first kappa shape index (κ1) is 16.2. The molecule has 118 valence electrons. The van der Waals surface area contributed by atoms with Crippen LogP contribution in [0.1, 0.15) is 12.5 Å². The lowest BCUT2D eigenvalue weighted by molar-refractivity contribution is -0.133. The van der Waals surface area contributed by atoms with Crippen LogP contribution in [0.4, 0.5) is 4.39 Å². The van der Waals surface area contributed by atoms with Crippen LogP contribution >= 0.6 is 0 Å². The fraction of sp³-hybridized carbons (Fsp3) is 0.214. The summed E-state index contributed by atoms with van der Waals surface area (Å²) in [6, 6.07) is 5.51. The molecular weight excluding hydrogens is 311 g/mol. The van der Waals surface area contributed by atoms with Crippen molar-refractivity contribution in [2.45, 2.75) is 18.3 Å². The smallest absolute Gasteiger partial charge is 0.335 e. The van der Waals surface area contributed by atoms with Crippen molar-refractivity contribution in [1.29, 1.82) is 0 Å². The minimum absolute atomic E-state index is 0.00538. The molecule has 3 N–H and O–H groups in total. The van der Waals surface area contributed by atoms with Gasteiger partial charge >= 0.3 is 5.97 Å². The van der Waals surface area contributed by atoms with Crippen molar-refractivity contribution in [3.8, 4) is 0 Å². The molecule has 0 aromatic heterocycles. The molecule has 0 saturated heterocycles. The van der Waals surface area contributed by atoms with Gasteiger partial charge in [0.05, 0.1) is 11.3 Å². The summed E-state index contributed by atoms with van der Waals surface area (Å²) < 4.78 is 40.3. The van der Waals surface area contributed by atoms with Crippen LogP contribution in [0.15, 0.2) is 48.2 Å². The number of carboxylic acids is 1. The van der Waals surface area contributed by atoms with Gasteiger partial charge in [0.1, 0.15) is 11.5 Å². The molecule has 0 spiro atoms. The summed E-state index contributed by atoms with van der Waals surface area (Å²) in [5.74, 6) is -2.48. The van der Waals surface area contributed by atoms with Gasteiger partial charge in [-0.3, -0.25) is 0 Å². The fourth-order valence-corrected chi connectivity index (χ4v) is 3.65. The standard InChI is InChI=1S/C14H15FN2O4S/c1-14(11(13(18)19)6-4-8-16-14)17-22(20,21)9-10-5-2-3-7-12(10)15/h2-8,16-17H,9H2,1H3,(H,18,19). The fourth-order valence-electron chi connectivity index (χ4n) is 2.14. The number of nitrogens with one attached hydrogen (secondary N) is 2. The number of halogens is 1. The highest BCUT2D eigenvalue weighted by Gasteiger charge is 2.37. The van der Waals surface area contributed by atoms with Gasteiger partial charge in [0.2, 0.25) is 10.0 Å². The molecule has 8 heteroatoms. The number of rotatable bonds is 5. The summed E-state index contributed by atoms with van der Waals surface area (Å²) in [5, 5.41) is 11.8. The molecule has 0 saturated carbocycles. The first-order valence-corrected chi connectivity index (χ1v) is 8.02. The van der Waals surface area contributed by atoms with Crippen LogP contribution in [0, 0.1) is 5.82 Å². The third-order valence-electron chi connectivity index (χ3n) is 3.16. The Morgan fingerprint density at radius 3 is 2.73 bits per heavy atom. The zero-order chi connectivity index (χ0) is 16.4. The molecule has 1 aromatic rings. The van der Waals surface area contributed by atoms with E-state index < -0.39 is 33.2 Å². The Hall–Kier alpha value is -2.19. The molecule has 1 unspecified atom stereocenters. The molecule has 1 heterocycles. The van der Waals surface area contributed by atoms with E-state index >= 15 is 0 Å². The first-order valence-electron chi connectivity index (χ1n) is 6.37. The quantitative estimate of drug-likeness (QED) is 0.753. The number of hydrogen-bond donors (Lipinski definition) is 3. The SMILES string of the molecule is CC1(NS(=O)(=O)Cc2ccccc2F)NC=CC=C1C(=O)O. The molecule has 1 aliphatic heterocycles. The molecule has 1 aromatic carbocycles. The van der Waals surface area contributed by atoms with Crippen LogP contribution in [0.5, 0.6) is 0 Å². The van der Waals surface area contributed by atoms with E-state index in [1.807, 2.05) is 0 Å². The maximum atomic E-state index is 13.6. The van der Waals surface area contributed by atoms with Crippen molar-refractivity contribution in [2.24, 2.45) is 0 Å². The van der Waals surface area contributed by atoms with Gasteiger partial charge in [-0.1, -0.05) is 18.2 Å². The second-order valence-corrected chi connectivity index (χ2v) is 6.69. The second kappa shape index (κ2) is 5.90. The van der Waals surface area contributed by atoms with Gasteiger partial charge in [-0.05, 0) is 31.3 Å². The van der Waals surface area contributed by atoms with E-state index in [1.165, 1.54) is 43.5 Å². The van der Waals surface area contributed by atoms with Crippen LogP contribution in [0.3, 0.4) is 0 Å². The number of carboxylic acid groups (broad SMARTS) is 1. The van der Waals surface area contributed by atoms with Crippen LogP contribution in [-0.2, 0) is 20.6 Å². The van der Waals surface area contributed by atoms with E-state index in [9.17, 15) is 17.6 Å². The Kier molecular flexibility index (Phi) is 4.34. The molecule has 0 bridgehead atoms. The minimum Gasteiger partial charge on any atom is -0.478 e. The number of allylic oxidation sites excluding steroid dienone is 2. The van der Waals surface area contributed by atoms with Crippen LogP contribution in [-0.4, -0.2) is 25.2 Å². The molecular formula is C14H15FN2O4S. The second-order valence-electron chi connectivity index (χ2n) is 4.97. The molecule has 0 amide bonds. The summed E-state index contributed by atoms with van der Waals surface area (Å²) in [5.41, 5.74) is -1.66. The minimum atomic E-state index is -3.97. The predicted molar refractivity (Wildman–Crippen MR) is 78.6 cm³/mol. The Labute approximate surface area is 127 Å². The number of benzene rings is 1. The van der Waals surface area contributed by atoms with Gasteiger partial charge in [-0.15, -0.1) is 0 Å². The predicted octanol–water partition coefficient (Wildman–Crippen LogP) is 1.09. The van der Waals surface area contributed by atoms with Crippen LogP contribution in [0.2, 0.25) is 0 Å².